The van der Waals surface area contributed by atoms with Crippen molar-refractivity contribution in [3.63, 3.8) is 0 Å². The average Bonchev–Trinajstić information content (AvgIpc) is 3.27. The van der Waals surface area contributed by atoms with Crippen LogP contribution in [0.25, 0.3) is 11.0 Å². The fourth-order valence-corrected chi connectivity index (χ4v) is 4.08. The zero-order chi connectivity index (χ0) is 22.2. The number of amides is 3. The third-order valence-corrected chi connectivity index (χ3v) is 5.73. The summed E-state index contributed by atoms with van der Waals surface area (Å²) in [5, 5.41) is 2.83. The molecule has 1 aliphatic rings. The lowest BCUT2D eigenvalue weighted by Gasteiger charge is -2.25. The fourth-order valence-electron chi connectivity index (χ4n) is 4.08. The topological polar surface area (TPSA) is 84.3 Å². The number of imide groups is 1. The van der Waals surface area contributed by atoms with Gasteiger partial charge in [0.2, 0.25) is 11.9 Å². The Labute approximate surface area is 184 Å². The number of carbonyl (C=O) groups excluding carboxylic acids is 3. The molecule has 7 heteroatoms. The first-order valence-electron chi connectivity index (χ1n) is 10.3. The largest absolute Gasteiger partial charge is 0.313 e. The van der Waals surface area contributed by atoms with Gasteiger partial charge in [-0.15, -0.1) is 0 Å². The normalized spacial score (nSPS) is 14.0. The predicted octanol–water partition coefficient (Wildman–Crippen LogP) is 3.42. The Bertz CT molecular complexity index is 1330. The molecule has 3 amide bonds. The van der Waals surface area contributed by atoms with Gasteiger partial charge in [0.1, 0.15) is 6.04 Å². The maximum absolute atomic E-state index is 13.5. The van der Waals surface area contributed by atoms with Crippen molar-refractivity contribution in [3.8, 4) is 0 Å². The van der Waals surface area contributed by atoms with Crippen LogP contribution in [-0.4, -0.2) is 38.2 Å². The third-order valence-electron chi connectivity index (χ3n) is 5.73. The maximum atomic E-state index is 13.5. The summed E-state index contributed by atoms with van der Waals surface area (Å²) in [7, 11) is 1.80. The molecule has 1 atom stereocenters. The Morgan fingerprint density at radius 1 is 0.875 bits per heavy atom. The highest BCUT2D eigenvalue weighted by molar-refractivity contribution is 6.23. The second-order valence-corrected chi connectivity index (χ2v) is 7.70. The van der Waals surface area contributed by atoms with Crippen molar-refractivity contribution in [2.45, 2.75) is 12.5 Å². The highest BCUT2D eigenvalue weighted by Gasteiger charge is 2.42. The molecule has 1 unspecified atom stereocenters. The molecule has 1 aromatic heterocycles. The molecular weight excluding hydrogens is 404 g/mol. The maximum Gasteiger partial charge on any atom is 0.262 e. The molecule has 4 aromatic rings. The number of aromatic nitrogens is 2. The van der Waals surface area contributed by atoms with Gasteiger partial charge in [0.15, 0.2) is 0 Å². The van der Waals surface area contributed by atoms with Crippen molar-refractivity contribution in [3.05, 3.63) is 95.6 Å². The van der Waals surface area contributed by atoms with E-state index in [9.17, 15) is 14.4 Å². The van der Waals surface area contributed by atoms with Crippen molar-refractivity contribution >= 4 is 34.7 Å². The predicted molar refractivity (Wildman–Crippen MR) is 120 cm³/mol. The van der Waals surface area contributed by atoms with Crippen molar-refractivity contribution in [2.75, 3.05) is 5.32 Å². The van der Waals surface area contributed by atoms with Gasteiger partial charge in [-0.05, 0) is 29.8 Å². The Morgan fingerprint density at radius 3 is 2.12 bits per heavy atom. The molecular formula is C25H20N4O3. The van der Waals surface area contributed by atoms with Gasteiger partial charge < -0.3 is 4.57 Å². The minimum Gasteiger partial charge on any atom is -0.313 e. The fraction of sp³-hybridized carbons (Fsp3) is 0.120. The molecule has 32 heavy (non-hydrogen) atoms. The quantitative estimate of drug-likeness (QED) is 0.498. The summed E-state index contributed by atoms with van der Waals surface area (Å²) in [4.78, 5) is 45.2. The summed E-state index contributed by atoms with van der Waals surface area (Å²) in [6.07, 6.45) is 0.197. The number of para-hydroxylation sites is 2. The smallest absolute Gasteiger partial charge is 0.262 e. The third kappa shape index (κ3) is 3.24. The first-order chi connectivity index (χ1) is 15.5. The molecule has 3 aromatic carbocycles. The molecule has 0 fully saturated rings. The second-order valence-electron chi connectivity index (χ2n) is 7.70. The van der Waals surface area contributed by atoms with E-state index in [-0.39, 0.29) is 6.42 Å². The van der Waals surface area contributed by atoms with Gasteiger partial charge in [0.05, 0.1) is 22.2 Å². The van der Waals surface area contributed by atoms with E-state index < -0.39 is 23.8 Å². The number of nitrogens with one attached hydrogen (secondary N) is 1. The molecule has 5 rings (SSSR count). The number of rotatable bonds is 5. The average molecular weight is 424 g/mol. The minimum atomic E-state index is -1.02. The van der Waals surface area contributed by atoms with Crippen LogP contribution in [0.4, 0.5) is 5.95 Å². The minimum absolute atomic E-state index is 0.197. The van der Waals surface area contributed by atoms with E-state index in [1.807, 2.05) is 54.6 Å². The van der Waals surface area contributed by atoms with E-state index in [0.29, 0.717) is 17.1 Å². The van der Waals surface area contributed by atoms with Crippen molar-refractivity contribution in [2.24, 2.45) is 7.05 Å². The summed E-state index contributed by atoms with van der Waals surface area (Å²) in [5.74, 6) is -1.05. The lowest BCUT2D eigenvalue weighted by Crippen LogP contribution is -2.48. The van der Waals surface area contributed by atoms with Gasteiger partial charge >= 0.3 is 0 Å². The van der Waals surface area contributed by atoms with Gasteiger partial charge in [-0.2, -0.15) is 0 Å². The molecule has 0 radical (unpaired) electrons. The summed E-state index contributed by atoms with van der Waals surface area (Å²) < 4.78 is 1.77. The summed E-state index contributed by atoms with van der Waals surface area (Å²) in [6, 6.07) is 22.5. The molecule has 0 aliphatic carbocycles. The lowest BCUT2D eigenvalue weighted by atomic mass is 10.0. The van der Waals surface area contributed by atoms with Gasteiger partial charge in [-0.25, -0.2) is 4.98 Å². The van der Waals surface area contributed by atoms with Crippen LogP contribution >= 0.6 is 0 Å². The number of fused-ring (bicyclic) bond motifs is 2. The van der Waals surface area contributed by atoms with Crippen LogP contribution in [0.5, 0.6) is 0 Å². The highest BCUT2D eigenvalue weighted by Crippen LogP contribution is 2.27. The molecule has 0 saturated carbocycles. The standard InChI is InChI=1S/C25H20N4O3/c1-28-20-14-8-7-13-19(20)26-25(28)27-22(30)21(15-16-9-3-2-4-10-16)29-23(31)17-11-5-6-12-18(17)24(29)32/h2-14,21H,15H2,1H3,(H,26,27,30). The first kappa shape index (κ1) is 19.7. The summed E-state index contributed by atoms with van der Waals surface area (Å²) >= 11 is 0. The monoisotopic (exact) mass is 424 g/mol. The van der Waals surface area contributed by atoms with Crippen LogP contribution in [0.3, 0.4) is 0 Å². The number of hydrogen-bond acceptors (Lipinski definition) is 4. The van der Waals surface area contributed by atoms with Crippen molar-refractivity contribution < 1.29 is 14.4 Å². The molecule has 0 spiro atoms. The number of hydrogen-bond donors (Lipinski definition) is 1. The Morgan fingerprint density at radius 2 is 1.47 bits per heavy atom. The molecule has 2 heterocycles. The molecule has 158 valence electrons. The van der Waals surface area contributed by atoms with E-state index in [1.165, 1.54) is 0 Å². The van der Waals surface area contributed by atoms with E-state index in [4.69, 9.17) is 0 Å². The second kappa shape index (κ2) is 7.77. The first-order valence-corrected chi connectivity index (χ1v) is 10.3. The van der Waals surface area contributed by atoms with E-state index in [1.54, 1.807) is 35.9 Å². The summed E-state index contributed by atoms with van der Waals surface area (Å²) in [6.45, 7) is 0. The van der Waals surface area contributed by atoms with Crippen LogP contribution in [0.2, 0.25) is 0 Å². The number of aryl methyl sites for hydroxylation is 1. The number of anilines is 1. The molecule has 0 saturated heterocycles. The van der Waals surface area contributed by atoms with Crippen molar-refractivity contribution in [1.82, 2.24) is 14.5 Å². The Hall–Kier alpha value is -4.26. The number of carbonyl (C=O) groups is 3. The van der Waals surface area contributed by atoms with Crippen LogP contribution in [0.15, 0.2) is 78.9 Å². The van der Waals surface area contributed by atoms with E-state index in [0.717, 1.165) is 21.5 Å². The Kier molecular flexibility index (Phi) is 4.78. The SMILES string of the molecule is Cn1c(NC(=O)C(Cc2ccccc2)N2C(=O)c3ccccc3C2=O)nc2ccccc21. The molecule has 1 aliphatic heterocycles. The van der Waals surface area contributed by atoms with Crippen LogP contribution in [0, 0.1) is 0 Å². The van der Waals surface area contributed by atoms with Crippen molar-refractivity contribution in [1.29, 1.82) is 0 Å². The molecule has 7 nitrogen and oxygen atoms in total. The lowest BCUT2D eigenvalue weighted by molar-refractivity contribution is -0.120. The number of imidazole rings is 1. The molecule has 0 bridgehead atoms. The molecule has 1 N–H and O–H groups in total. The number of benzene rings is 3. The van der Waals surface area contributed by atoms with Gasteiger partial charge in [0.25, 0.3) is 11.8 Å². The highest BCUT2D eigenvalue weighted by atomic mass is 16.2. The van der Waals surface area contributed by atoms with Gasteiger partial charge in [0, 0.05) is 13.5 Å². The van der Waals surface area contributed by atoms with E-state index in [2.05, 4.69) is 10.3 Å². The number of nitrogens with zero attached hydrogens (tertiary/aromatic N) is 3. The van der Waals surface area contributed by atoms with Gasteiger partial charge in [-0.1, -0.05) is 54.6 Å². The van der Waals surface area contributed by atoms with Crippen LogP contribution < -0.4 is 5.32 Å². The van der Waals surface area contributed by atoms with Crippen LogP contribution in [-0.2, 0) is 18.3 Å². The van der Waals surface area contributed by atoms with Gasteiger partial charge in [-0.3, -0.25) is 24.6 Å². The summed E-state index contributed by atoms with van der Waals surface area (Å²) in [5.41, 5.74) is 3.07. The Balaban J connectivity index is 1.51. The zero-order valence-electron chi connectivity index (χ0n) is 17.4. The van der Waals surface area contributed by atoms with E-state index >= 15 is 0 Å². The zero-order valence-corrected chi connectivity index (χ0v) is 17.4. The van der Waals surface area contributed by atoms with Crippen LogP contribution in [0.1, 0.15) is 26.3 Å².